The van der Waals surface area contributed by atoms with Gasteiger partial charge in [0.05, 0.1) is 12.7 Å². The van der Waals surface area contributed by atoms with E-state index in [0.29, 0.717) is 21.3 Å². The van der Waals surface area contributed by atoms with Gasteiger partial charge in [0.1, 0.15) is 22.6 Å². The van der Waals surface area contributed by atoms with Gasteiger partial charge in [-0.15, -0.1) is 10.2 Å². The minimum atomic E-state index is -4.36. The lowest BCUT2D eigenvalue weighted by molar-refractivity contribution is -0.137. The molecular weight excluding hydrogens is 365 g/mol. The van der Waals surface area contributed by atoms with Crippen LogP contribution in [0.4, 0.5) is 13.2 Å². The molecule has 1 heterocycles. The number of aromatic nitrogens is 2. The average molecular weight is 380 g/mol. The van der Waals surface area contributed by atoms with Gasteiger partial charge in [0.2, 0.25) is 0 Å². The number of hydrogen-bond donors (Lipinski definition) is 0. The maximum absolute atomic E-state index is 12.6. The first-order valence-electron chi connectivity index (χ1n) is 7.68. The second kappa shape index (κ2) is 7.33. The predicted molar refractivity (Wildman–Crippen MR) is 92.4 cm³/mol. The molecule has 0 saturated heterocycles. The maximum Gasteiger partial charge on any atom is 0.416 e. The van der Waals surface area contributed by atoms with Crippen LogP contribution in [0.1, 0.15) is 23.6 Å². The summed E-state index contributed by atoms with van der Waals surface area (Å²) in [7, 11) is 1.59. The molecule has 1 atom stereocenters. The van der Waals surface area contributed by atoms with Crippen LogP contribution >= 0.6 is 11.3 Å². The largest absolute Gasteiger partial charge is 0.497 e. The van der Waals surface area contributed by atoms with Gasteiger partial charge in [0.25, 0.3) is 0 Å². The molecule has 2 aromatic carbocycles. The Bertz CT molecular complexity index is 861. The number of ether oxygens (including phenoxy) is 2. The predicted octanol–water partition coefficient (Wildman–Crippen LogP) is 5.37. The van der Waals surface area contributed by atoms with Gasteiger partial charge in [0, 0.05) is 5.56 Å². The smallest absolute Gasteiger partial charge is 0.416 e. The quantitative estimate of drug-likeness (QED) is 0.597. The summed E-state index contributed by atoms with van der Waals surface area (Å²) in [6.45, 7) is 1.83. The minimum absolute atomic E-state index is 0.343. The lowest BCUT2D eigenvalue weighted by Gasteiger charge is -2.11. The summed E-state index contributed by atoms with van der Waals surface area (Å²) < 4.78 is 48.8. The lowest BCUT2D eigenvalue weighted by atomic mass is 10.1. The van der Waals surface area contributed by atoms with Crippen molar-refractivity contribution in [2.24, 2.45) is 0 Å². The van der Waals surface area contributed by atoms with Crippen LogP contribution in [-0.2, 0) is 6.18 Å². The fourth-order valence-corrected chi connectivity index (χ4v) is 3.06. The van der Waals surface area contributed by atoms with Crippen LogP contribution in [0.25, 0.3) is 10.6 Å². The molecule has 136 valence electrons. The normalized spacial score (nSPS) is 12.7. The molecule has 1 aromatic heterocycles. The topological polar surface area (TPSA) is 44.2 Å². The first-order valence-corrected chi connectivity index (χ1v) is 8.50. The third-order valence-electron chi connectivity index (χ3n) is 3.62. The molecule has 0 spiro atoms. The maximum atomic E-state index is 12.6. The zero-order chi connectivity index (χ0) is 18.7. The van der Waals surface area contributed by atoms with E-state index in [0.717, 1.165) is 17.9 Å². The highest BCUT2D eigenvalue weighted by Crippen LogP contribution is 2.33. The molecule has 1 unspecified atom stereocenters. The van der Waals surface area contributed by atoms with Crippen molar-refractivity contribution in [3.05, 3.63) is 59.1 Å². The van der Waals surface area contributed by atoms with E-state index in [9.17, 15) is 13.2 Å². The monoisotopic (exact) mass is 380 g/mol. The van der Waals surface area contributed by atoms with Crippen LogP contribution in [0.5, 0.6) is 11.5 Å². The van der Waals surface area contributed by atoms with Crippen molar-refractivity contribution in [2.45, 2.75) is 19.2 Å². The van der Waals surface area contributed by atoms with Crippen molar-refractivity contribution >= 4 is 11.3 Å². The molecule has 3 aromatic rings. The summed E-state index contributed by atoms with van der Waals surface area (Å²) in [4.78, 5) is 0. The van der Waals surface area contributed by atoms with E-state index in [4.69, 9.17) is 9.47 Å². The standard InChI is InChI=1S/C18H15F3N2O2S/c1-11(25-15-9-7-14(24-2)8-10-15)16-22-23-17(26-16)12-3-5-13(6-4-12)18(19,20)21/h3-11H,1-2H3. The van der Waals surface area contributed by atoms with E-state index < -0.39 is 11.7 Å². The van der Waals surface area contributed by atoms with Crippen LogP contribution in [0.3, 0.4) is 0 Å². The summed E-state index contributed by atoms with van der Waals surface area (Å²) >= 11 is 1.28. The van der Waals surface area contributed by atoms with Crippen LogP contribution in [0.2, 0.25) is 0 Å². The summed E-state index contributed by atoms with van der Waals surface area (Å²) in [6.07, 6.45) is -4.70. The Hall–Kier alpha value is -2.61. The van der Waals surface area contributed by atoms with Crippen molar-refractivity contribution in [3.63, 3.8) is 0 Å². The third kappa shape index (κ3) is 4.13. The molecule has 0 aliphatic carbocycles. The summed E-state index contributed by atoms with van der Waals surface area (Å²) in [5.41, 5.74) is -0.111. The van der Waals surface area contributed by atoms with Crippen molar-refractivity contribution in [3.8, 4) is 22.1 Å². The van der Waals surface area contributed by atoms with Crippen LogP contribution < -0.4 is 9.47 Å². The van der Waals surface area contributed by atoms with E-state index in [2.05, 4.69) is 10.2 Å². The number of benzene rings is 2. The van der Waals surface area contributed by atoms with Gasteiger partial charge in [0.15, 0.2) is 5.01 Å². The number of halogens is 3. The molecule has 0 saturated carbocycles. The van der Waals surface area contributed by atoms with Gasteiger partial charge < -0.3 is 9.47 Å². The number of nitrogens with zero attached hydrogens (tertiary/aromatic N) is 2. The van der Waals surface area contributed by atoms with E-state index in [1.54, 1.807) is 31.4 Å². The van der Waals surface area contributed by atoms with E-state index in [1.165, 1.54) is 23.5 Å². The van der Waals surface area contributed by atoms with Gasteiger partial charge >= 0.3 is 6.18 Å². The second-order valence-electron chi connectivity index (χ2n) is 5.46. The molecule has 0 bridgehead atoms. The Morgan fingerprint density at radius 2 is 1.54 bits per heavy atom. The van der Waals surface area contributed by atoms with Gasteiger partial charge in [-0.25, -0.2) is 0 Å². The zero-order valence-electron chi connectivity index (χ0n) is 13.9. The second-order valence-corrected chi connectivity index (χ2v) is 6.47. The molecule has 0 radical (unpaired) electrons. The van der Waals surface area contributed by atoms with Gasteiger partial charge in [-0.1, -0.05) is 23.5 Å². The van der Waals surface area contributed by atoms with E-state index >= 15 is 0 Å². The molecular formula is C18H15F3N2O2S. The zero-order valence-corrected chi connectivity index (χ0v) is 14.8. The number of hydrogen-bond acceptors (Lipinski definition) is 5. The third-order valence-corrected chi connectivity index (χ3v) is 4.75. The Morgan fingerprint density at radius 1 is 0.923 bits per heavy atom. The van der Waals surface area contributed by atoms with Gasteiger partial charge in [-0.3, -0.25) is 0 Å². The molecule has 26 heavy (non-hydrogen) atoms. The van der Waals surface area contributed by atoms with E-state index in [-0.39, 0.29) is 6.10 Å². The Kier molecular flexibility index (Phi) is 5.13. The molecule has 4 nitrogen and oxygen atoms in total. The molecule has 0 aliphatic heterocycles. The first kappa shape index (κ1) is 18.2. The highest BCUT2D eigenvalue weighted by Gasteiger charge is 2.30. The van der Waals surface area contributed by atoms with Crippen LogP contribution in [-0.4, -0.2) is 17.3 Å². The van der Waals surface area contributed by atoms with Gasteiger partial charge in [-0.05, 0) is 43.3 Å². The highest BCUT2D eigenvalue weighted by molar-refractivity contribution is 7.14. The van der Waals surface area contributed by atoms with Gasteiger partial charge in [-0.2, -0.15) is 13.2 Å². The molecule has 0 N–H and O–H groups in total. The van der Waals surface area contributed by atoms with Crippen molar-refractivity contribution in [1.29, 1.82) is 0 Å². The minimum Gasteiger partial charge on any atom is -0.497 e. The number of alkyl halides is 3. The van der Waals surface area contributed by atoms with Crippen molar-refractivity contribution < 1.29 is 22.6 Å². The number of rotatable bonds is 5. The summed E-state index contributed by atoms with van der Waals surface area (Å²) in [5.74, 6) is 1.38. The fraction of sp³-hybridized carbons (Fsp3) is 0.222. The Labute approximate surface area is 152 Å². The van der Waals surface area contributed by atoms with Crippen LogP contribution in [0.15, 0.2) is 48.5 Å². The molecule has 0 fully saturated rings. The first-order chi connectivity index (χ1) is 12.4. The summed E-state index contributed by atoms with van der Waals surface area (Å²) in [6, 6.07) is 12.0. The Morgan fingerprint density at radius 3 is 2.12 bits per heavy atom. The summed E-state index contributed by atoms with van der Waals surface area (Å²) in [5, 5.41) is 9.32. The van der Waals surface area contributed by atoms with Crippen LogP contribution in [0, 0.1) is 0 Å². The van der Waals surface area contributed by atoms with E-state index in [1.807, 2.05) is 6.92 Å². The molecule has 0 amide bonds. The number of methoxy groups -OCH3 is 1. The molecule has 0 aliphatic rings. The Balaban J connectivity index is 1.72. The lowest BCUT2D eigenvalue weighted by Crippen LogP contribution is -2.03. The van der Waals surface area contributed by atoms with Crippen molar-refractivity contribution in [1.82, 2.24) is 10.2 Å². The molecule has 8 heteroatoms. The molecule has 3 rings (SSSR count). The fourth-order valence-electron chi connectivity index (χ4n) is 2.23. The average Bonchev–Trinajstić information content (AvgIpc) is 3.12. The van der Waals surface area contributed by atoms with Crippen molar-refractivity contribution in [2.75, 3.05) is 7.11 Å². The SMILES string of the molecule is COc1ccc(OC(C)c2nnc(-c3ccc(C(F)(F)F)cc3)s2)cc1. The highest BCUT2D eigenvalue weighted by atomic mass is 32.1.